The second kappa shape index (κ2) is 8.11. The standard InChI is InChI=1S/C18H22N4O2S/c1-13(20-18(24)16-11-25-12-19-16)9-17(23)21-14-5-4-6-15(10-14)22-7-2-3-8-22/h4-6,10-13H,2-3,7-9H2,1H3,(H,20,24)(H,21,23). The summed E-state index contributed by atoms with van der Waals surface area (Å²) >= 11 is 1.37. The zero-order valence-electron chi connectivity index (χ0n) is 14.2. The van der Waals surface area contributed by atoms with Gasteiger partial charge in [-0.25, -0.2) is 4.98 Å². The second-order valence-electron chi connectivity index (χ2n) is 6.24. The first kappa shape index (κ1) is 17.4. The fourth-order valence-electron chi connectivity index (χ4n) is 2.92. The minimum atomic E-state index is -0.268. The molecule has 6 nitrogen and oxygen atoms in total. The Labute approximate surface area is 151 Å². The van der Waals surface area contributed by atoms with E-state index in [0.29, 0.717) is 5.69 Å². The highest BCUT2D eigenvalue weighted by Crippen LogP contribution is 2.23. The van der Waals surface area contributed by atoms with Crippen LogP contribution in [0.15, 0.2) is 35.2 Å². The molecule has 0 saturated carbocycles. The van der Waals surface area contributed by atoms with Crippen molar-refractivity contribution in [2.24, 2.45) is 0 Å². The molecule has 2 aromatic rings. The van der Waals surface area contributed by atoms with Gasteiger partial charge < -0.3 is 15.5 Å². The molecule has 1 aromatic carbocycles. The highest BCUT2D eigenvalue weighted by atomic mass is 32.1. The zero-order valence-corrected chi connectivity index (χ0v) is 15.0. The van der Waals surface area contributed by atoms with Crippen LogP contribution in [0.2, 0.25) is 0 Å². The van der Waals surface area contributed by atoms with Gasteiger partial charge in [-0.1, -0.05) is 6.07 Å². The van der Waals surface area contributed by atoms with Gasteiger partial charge in [-0.2, -0.15) is 0 Å². The van der Waals surface area contributed by atoms with Gasteiger partial charge in [-0.15, -0.1) is 11.3 Å². The summed E-state index contributed by atoms with van der Waals surface area (Å²) in [5, 5.41) is 7.39. The van der Waals surface area contributed by atoms with Crippen molar-refractivity contribution >= 4 is 34.5 Å². The average molecular weight is 358 g/mol. The molecule has 0 bridgehead atoms. The minimum Gasteiger partial charge on any atom is -0.371 e. The lowest BCUT2D eigenvalue weighted by atomic mass is 10.2. The molecular weight excluding hydrogens is 336 g/mol. The molecule has 132 valence electrons. The van der Waals surface area contributed by atoms with E-state index >= 15 is 0 Å². The molecule has 2 amide bonds. The SMILES string of the molecule is CC(CC(=O)Nc1cccc(N2CCCC2)c1)NC(=O)c1cscn1. The lowest BCUT2D eigenvalue weighted by Gasteiger charge is -2.19. The van der Waals surface area contributed by atoms with Crippen molar-refractivity contribution in [3.8, 4) is 0 Å². The van der Waals surface area contributed by atoms with Crippen LogP contribution in [-0.4, -0.2) is 35.9 Å². The molecule has 1 fully saturated rings. The largest absolute Gasteiger partial charge is 0.371 e. The van der Waals surface area contributed by atoms with Gasteiger partial charge in [0.15, 0.2) is 0 Å². The third-order valence-corrected chi connectivity index (χ3v) is 4.72. The van der Waals surface area contributed by atoms with Crippen LogP contribution >= 0.6 is 11.3 Å². The molecule has 0 spiro atoms. The van der Waals surface area contributed by atoms with Crippen molar-refractivity contribution in [2.75, 3.05) is 23.3 Å². The van der Waals surface area contributed by atoms with Crippen LogP contribution in [-0.2, 0) is 4.79 Å². The van der Waals surface area contributed by atoms with Crippen LogP contribution in [0, 0.1) is 0 Å². The van der Waals surface area contributed by atoms with E-state index < -0.39 is 0 Å². The van der Waals surface area contributed by atoms with Gasteiger partial charge in [-0.3, -0.25) is 9.59 Å². The van der Waals surface area contributed by atoms with Gasteiger partial charge in [0.25, 0.3) is 5.91 Å². The summed E-state index contributed by atoms with van der Waals surface area (Å²) in [4.78, 5) is 30.5. The quantitative estimate of drug-likeness (QED) is 0.833. The van der Waals surface area contributed by atoms with Crippen LogP contribution in [0.4, 0.5) is 11.4 Å². The van der Waals surface area contributed by atoms with Crippen molar-refractivity contribution in [1.29, 1.82) is 0 Å². The average Bonchev–Trinajstić information content (AvgIpc) is 3.28. The molecule has 1 aliphatic heterocycles. The second-order valence-corrected chi connectivity index (χ2v) is 6.96. The number of hydrogen-bond acceptors (Lipinski definition) is 5. The first-order valence-corrected chi connectivity index (χ1v) is 9.40. The molecule has 3 rings (SSSR count). The van der Waals surface area contributed by atoms with E-state index in [2.05, 4.69) is 26.6 Å². The smallest absolute Gasteiger partial charge is 0.270 e. The van der Waals surface area contributed by atoms with E-state index in [0.717, 1.165) is 24.5 Å². The number of hydrogen-bond donors (Lipinski definition) is 2. The molecule has 2 heterocycles. The fraction of sp³-hybridized carbons (Fsp3) is 0.389. The fourth-order valence-corrected chi connectivity index (χ4v) is 3.45. The predicted octanol–water partition coefficient (Wildman–Crippen LogP) is 2.89. The van der Waals surface area contributed by atoms with Crippen LogP contribution in [0.5, 0.6) is 0 Å². The van der Waals surface area contributed by atoms with Gasteiger partial charge in [0.05, 0.1) is 5.51 Å². The normalized spacial score (nSPS) is 15.0. The molecule has 1 atom stereocenters. The van der Waals surface area contributed by atoms with Crippen molar-refractivity contribution < 1.29 is 9.59 Å². The van der Waals surface area contributed by atoms with Crippen LogP contribution in [0.3, 0.4) is 0 Å². The van der Waals surface area contributed by atoms with E-state index in [1.165, 1.54) is 24.2 Å². The maximum Gasteiger partial charge on any atom is 0.270 e. The highest BCUT2D eigenvalue weighted by molar-refractivity contribution is 7.07. The third kappa shape index (κ3) is 4.79. The maximum absolute atomic E-state index is 12.2. The molecule has 0 radical (unpaired) electrons. The Morgan fingerprint density at radius 2 is 2.12 bits per heavy atom. The predicted molar refractivity (Wildman–Crippen MR) is 100 cm³/mol. The van der Waals surface area contributed by atoms with Crippen LogP contribution in [0.25, 0.3) is 0 Å². The van der Waals surface area contributed by atoms with E-state index in [1.54, 1.807) is 10.9 Å². The summed E-state index contributed by atoms with van der Waals surface area (Å²) in [5.74, 6) is -0.373. The van der Waals surface area contributed by atoms with Gasteiger partial charge in [0.1, 0.15) is 5.69 Å². The topological polar surface area (TPSA) is 74.3 Å². The minimum absolute atomic E-state index is 0.121. The molecule has 7 heteroatoms. The Balaban J connectivity index is 1.51. The molecule has 2 N–H and O–H groups in total. The maximum atomic E-state index is 12.2. The number of rotatable bonds is 6. The van der Waals surface area contributed by atoms with E-state index in [4.69, 9.17) is 0 Å². The van der Waals surface area contributed by atoms with Crippen LogP contribution < -0.4 is 15.5 Å². The Hall–Kier alpha value is -2.41. The number of amides is 2. The summed E-state index contributed by atoms with van der Waals surface area (Å²) in [6, 6.07) is 7.64. The summed E-state index contributed by atoms with van der Waals surface area (Å²) in [6.07, 6.45) is 2.64. The molecule has 0 aliphatic carbocycles. The molecule has 1 saturated heterocycles. The summed E-state index contributed by atoms with van der Waals surface area (Å²) in [5.41, 5.74) is 3.92. The molecule has 1 aromatic heterocycles. The van der Waals surface area contributed by atoms with E-state index in [9.17, 15) is 9.59 Å². The van der Waals surface area contributed by atoms with Crippen molar-refractivity contribution in [2.45, 2.75) is 32.2 Å². The molecule has 1 aliphatic rings. The Bertz CT molecular complexity index is 726. The van der Waals surface area contributed by atoms with Crippen molar-refractivity contribution in [3.05, 3.63) is 40.8 Å². The molecular formula is C18H22N4O2S. The Morgan fingerprint density at radius 1 is 1.32 bits per heavy atom. The number of nitrogens with zero attached hydrogens (tertiary/aromatic N) is 2. The van der Waals surface area contributed by atoms with Crippen LogP contribution in [0.1, 0.15) is 36.7 Å². The Morgan fingerprint density at radius 3 is 2.84 bits per heavy atom. The number of thiazole rings is 1. The first-order chi connectivity index (χ1) is 12.1. The summed E-state index contributed by atoms with van der Waals surface area (Å²) in [6.45, 7) is 3.94. The third-order valence-electron chi connectivity index (χ3n) is 4.14. The van der Waals surface area contributed by atoms with Gasteiger partial charge in [0.2, 0.25) is 5.91 Å². The first-order valence-electron chi connectivity index (χ1n) is 8.46. The highest BCUT2D eigenvalue weighted by Gasteiger charge is 2.16. The monoisotopic (exact) mass is 358 g/mol. The molecule has 1 unspecified atom stereocenters. The number of carbonyl (C=O) groups excluding carboxylic acids is 2. The number of nitrogens with one attached hydrogen (secondary N) is 2. The lowest BCUT2D eigenvalue weighted by molar-refractivity contribution is -0.116. The van der Waals surface area contributed by atoms with Gasteiger partial charge in [-0.05, 0) is 38.0 Å². The summed E-state index contributed by atoms with van der Waals surface area (Å²) < 4.78 is 0. The van der Waals surface area contributed by atoms with Gasteiger partial charge >= 0.3 is 0 Å². The number of carbonyl (C=O) groups is 2. The van der Waals surface area contributed by atoms with E-state index in [1.807, 2.05) is 25.1 Å². The number of benzene rings is 1. The summed E-state index contributed by atoms with van der Waals surface area (Å²) in [7, 11) is 0. The number of aromatic nitrogens is 1. The van der Waals surface area contributed by atoms with Crippen molar-refractivity contribution in [1.82, 2.24) is 10.3 Å². The lowest BCUT2D eigenvalue weighted by Crippen LogP contribution is -2.35. The number of anilines is 2. The van der Waals surface area contributed by atoms with Crippen molar-refractivity contribution in [3.63, 3.8) is 0 Å². The van der Waals surface area contributed by atoms with E-state index in [-0.39, 0.29) is 24.3 Å². The zero-order chi connectivity index (χ0) is 17.6. The van der Waals surface area contributed by atoms with Gasteiger partial charge in [0, 0.05) is 42.3 Å². The Kier molecular flexibility index (Phi) is 5.65. The molecule has 25 heavy (non-hydrogen) atoms.